The van der Waals surface area contributed by atoms with Crippen LogP contribution in [0.5, 0.6) is 0 Å². The highest BCUT2D eigenvalue weighted by molar-refractivity contribution is 5.80. The smallest absolute Gasteiger partial charge is 0.323 e. The third-order valence-corrected chi connectivity index (χ3v) is 2.85. The lowest BCUT2D eigenvalue weighted by Crippen LogP contribution is -2.53. The van der Waals surface area contributed by atoms with Crippen LogP contribution < -0.4 is 11.1 Å². The molecule has 1 fully saturated rings. The molecule has 1 saturated carbocycles. The SMILES string of the molecule is CN(CC(=O)O)C(=O)NC1CCCCC1N. The van der Waals surface area contributed by atoms with Crippen molar-refractivity contribution in [1.29, 1.82) is 0 Å². The number of hydrogen-bond donors (Lipinski definition) is 3. The van der Waals surface area contributed by atoms with Gasteiger partial charge in [-0.05, 0) is 12.8 Å². The van der Waals surface area contributed by atoms with Gasteiger partial charge in [0.25, 0.3) is 0 Å². The van der Waals surface area contributed by atoms with E-state index in [0.29, 0.717) is 0 Å². The molecule has 0 aromatic carbocycles. The van der Waals surface area contributed by atoms with Crippen molar-refractivity contribution in [2.24, 2.45) is 5.73 Å². The average molecular weight is 229 g/mol. The molecule has 6 heteroatoms. The molecular weight excluding hydrogens is 210 g/mol. The molecule has 0 saturated heterocycles. The van der Waals surface area contributed by atoms with Crippen molar-refractivity contribution in [2.75, 3.05) is 13.6 Å². The Balaban J connectivity index is 2.40. The van der Waals surface area contributed by atoms with Crippen LogP contribution in [-0.2, 0) is 4.79 Å². The van der Waals surface area contributed by atoms with Crippen molar-refractivity contribution in [3.63, 3.8) is 0 Å². The van der Waals surface area contributed by atoms with Crippen LogP contribution in [0.15, 0.2) is 0 Å². The zero-order valence-electron chi connectivity index (χ0n) is 9.48. The first-order chi connectivity index (χ1) is 7.50. The number of nitrogens with two attached hydrogens (primary N) is 1. The number of carbonyl (C=O) groups is 2. The van der Waals surface area contributed by atoms with Gasteiger partial charge in [0, 0.05) is 19.1 Å². The van der Waals surface area contributed by atoms with Crippen LogP contribution in [-0.4, -0.2) is 47.7 Å². The summed E-state index contributed by atoms with van der Waals surface area (Å²) in [6, 6.07) is -0.418. The summed E-state index contributed by atoms with van der Waals surface area (Å²) < 4.78 is 0. The maximum atomic E-state index is 11.6. The van der Waals surface area contributed by atoms with Gasteiger partial charge < -0.3 is 21.1 Å². The van der Waals surface area contributed by atoms with Crippen molar-refractivity contribution < 1.29 is 14.7 Å². The van der Waals surface area contributed by atoms with E-state index >= 15 is 0 Å². The minimum atomic E-state index is -1.02. The second-order valence-electron chi connectivity index (χ2n) is 4.25. The van der Waals surface area contributed by atoms with Crippen LogP contribution in [0, 0.1) is 0 Å². The number of nitrogens with zero attached hydrogens (tertiary/aromatic N) is 1. The molecule has 0 radical (unpaired) electrons. The molecule has 4 N–H and O–H groups in total. The lowest BCUT2D eigenvalue weighted by Gasteiger charge is -2.30. The molecule has 0 aromatic rings. The van der Waals surface area contributed by atoms with E-state index in [1.165, 1.54) is 7.05 Å². The topological polar surface area (TPSA) is 95.7 Å². The van der Waals surface area contributed by atoms with E-state index in [4.69, 9.17) is 10.8 Å². The Morgan fingerprint density at radius 3 is 2.62 bits per heavy atom. The Hall–Kier alpha value is -1.30. The van der Waals surface area contributed by atoms with Gasteiger partial charge in [0.2, 0.25) is 0 Å². The Bertz CT molecular complexity index is 270. The summed E-state index contributed by atoms with van der Waals surface area (Å²) in [5, 5.41) is 11.3. The van der Waals surface area contributed by atoms with Crippen LogP contribution >= 0.6 is 0 Å². The molecule has 1 rings (SSSR count). The van der Waals surface area contributed by atoms with Crippen LogP contribution in [0.1, 0.15) is 25.7 Å². The van der Waals surface area contributed by atoms with E-state index in [2.05, 4.69) is 5.32 Å². The summed E-state index contributed by atoms with van der Waals surface area (Å²) in [6.07, 6.45) is 3.93. The van der Waals surface area contributed by atoms with E-state index in [-0.39, 0.29) is 24.7 Å². The third-order valence-electron chi connectivity index (χ3n) is 2.85. The molecule has 2 unspecified atom stereocenters. The highest BCUT2D eigenvalue weighted by Gasteiger charge is 2.24. The van der Waals surface area contributed by atoms with Gasteiger partial charge in [-0.2, -0.15) is 0 Å². The highest BCUT2D eigenvalue weighted by Crippen LogP contribution is 2.16. The Labute approximate surface area is 94.8 Å². The van der Waals surface area contributed by atoms with Gasteiger partial charge in [0.05, 0.1) is 0 Å². The maximum absolute atomic E-state index is 11.6. The number of aliphatic carboxylic acids is 1. The van der Waals surface area contributed by atoms with Gasteiger partial charge in [0.15, 0.2) is 0 Å². The summed E-state index contributed by atoms with van der Waals surface area (Å²) >= 11 is 0. The van der Waals surface area contributed by atoms with Crippen LogP contribution in [0.2, 0.25) is 0 Å². The van der Waals surface area contributed by atoms with Crippen LogP contribution in [0.3, 0.4) is 0 Å². The third kappa shape index (κ3) is 3.69. The van der Waals surface area contributed by atoms with E-state index in [0.717, 1.165) is 30.6 Å². The summed E-state index contributed by atoms with van der Waals surface area (Å²) in [5.41, 5.74) is 5.88. The first kappa shape index (κ1) is 12.8. The average Bonchev–Trinajstić information content (AvgIpc) is 2.20. The zero-order valence-corrected chi connectivity index (χ0v) is 9.48. The molecule has 0 aromatic heterocycles. The van der Waals surface area contributed by atoms with Gasteiger partial charge in [-0.1, -0.05) is 12.8 Å². The maximum Gasteiger partial charge on any atom is 0.323 e. The second-order valence-corrected chi connectivity index (χ2v) is 4.25. The number of carboxylic acids is 1. The minimum Gasteiger partial charge on any atom is -0.480 e. The van der Waals surface area contributed by atoms with Crippen molar-refractivity contribution in [3.8, 4) is 0 Å². The molecule has 0 bridgehead atoms. The number of rotatable bonds is 3. The summed E-state index contributed by atoms with van der Waals surface area (Å²) in [5.74, 6) is -1.02. The summed E-state index contributed by atoms with van der Waals surface area (Å²) in [4.78, 5) is 23.2. The summed E-state index contributed by atoms with van der Waals surface area (Å²) in [6.45, 7) is -0.298. The number of carboxylic acid groups (broad SMARTS) is 1. The molecular formula is C10H19N3O3. The lowest BCUT2D eigenvalue weighted by atomic mass is 9.91. The predicted octanol–water partition coefficient (Wildman–Crippen LogP) is -0.0177. The van der Waals surface area contributed by atoms with Gasteiger partial charge in [-0.25, -0.2) is 4.79 Å². The zero-order chi connectivity index (χ0) is 12.1. The quantitative estimate of drug-likeness (QED) is 0.634. The van der Waals surface area contributed by atoms with Crippen molar-refractivity contribution in [1.82, 2.24) is 10.2 Å². The van der Waals surface area contributed by atoms with Crippen molar-refractivity contribution in [2.45, 2.75) is 37.8 Å². The van der Waals surface area contributed by atoms with Crippen LogP contribution in [0.4, 0.5) is 4.79 Å². The molecule has 2 atom stereocenters. The first-order valence-corrected chi connectivity index (χ1v) is 5.49. The molecule has 1 aliphatic carbocycles. The van der Waals surface area contributed by atoms with Gasteiger partial charge in [-0.15, -0.1) is 0 Å². The van der Waals surface area contributed by atoms with E-state index < -0.39 is 5.97 Å². The van der Waals surface area contributed by atoms with Crippen molar-refractivity contribution in [3.05, 3.63) is 0 Å². The lowest BCUT2D eigenvalue weighted by molar-refractivity contribution is -0.137. The predicted molar refractivity (Wildman–Crippen MR) is 59.0 cm³/mol. The Morgan fingerprint density at radius 1 is 1.44 bits per heavy atom. The first-order valence-electron chi connectivity index (χ1n) is 5.49. The summed E-state index contributed by atoms with van der Waals surface area (Å²) in [7, 11) is 1.46. The number of amides is 2. The molecule has 0 heterocycles. The molecule has 92 valence electrons. The Kier molecular flexibility index (Phi) is 4.54. The van der Waals surface area contributed by atoms with Crippen molar-refractivity contribution >= 4 is 12.0 Å². The van der Waals surface area contributed by atoms with Crippen LogP contribution in [0.25, 0.3) is 0 Å². The molecule has 6 nitrogen and oxygen atoms in total. The van der Waals surface area contributed by atoms with Gasteiger partial charge >= 0.3 is 12.0 Å². The molecule has 0 aliphatic heterocycles. The standard InChI is InChI=1S/C10H19N3O3/c1-13(6-9(14)15)10(16)12-8-5-3-2-4-7(8)11/h7-8H,2-6,11H2,1H3,(H,12,16)(H,14,15). The number of likely N-dealkylation sites (N-methyl/N-ethyl adjacent to an activating group) is 1. The van der Waals surface area contributed by atoms with E-state index in [1.54, 1.807) is 0 Å². The second kappa shape index (κ2) is 5.69. The fraction of sp³-hybridized carbons (Fsp3) is 0.800. The fourth-order valence-corrected chi connectivity index (χ4v) is 1.88. The molecule has 2 amide bonds. The largest absolute Gasteiger partial charge is 0.480 e. The number of carbonyl (C=O) groups excluding carboxylic acids is 1. The number of hydrogen-bond acceptors (Lipinski definition) is 3. The van der Waals surface area contributed by atoms with E-state index in [1.807, 2.05) is 0 Å². The monoisotopic (exact) mass is 229 g/mol. The minimum absolute atomic E-state index is 0.0177. The number of urea groups is 1. The van der Waals surface area contributed by atoms with E-state index in [9.17, 15) is 9.59 Å². The normalized spacial score (nSPS) is 24.9. The highest BCUT2D eigenvalue weighted by atomic mass is 16.4. The fourth-order valence-electron chi connectivity index (χ4n) is 1.88. The molecule has 16 heavy (non-hydrogen) atoms. The van der Waals surface area contributed by atoms with Gasteiger partial charge in [-0.3, -0.25) is 4.79 Å². The molecule has 0 spiro atoms. The van der Waals surface area contributed by atoms with Gasteiger partial charge in [0.1, 0.15) is 6.54 Å². The number of nitrogens with one attached hydrogen (secondary N) is 1. The Morgan fingerprint density at radius 2 is 2.06 bits per heavy atom. The molecule has 1 aliphatic rings.